The molecule has 2 atom stereocenters. The number of hydrogen-bond donors (Lipinski definition) is 2. The largest absolute Gasteiger partial charge is 0.481 e. The van der Waals surface area contributed by atoms with Crippen molar-refractivity contribution in [1.29, 1.82) is 5.26 Å². The first-order chi connectivity index (χ1) is 17.0. The summed E-state index contributed by atoms with van der Waals surface area (Å²) in [5.74, 6) is -1.13. The van der Waals surface area contributed by atoms with E-state index in [1.807, 2.05) is 24.3 Å². The van der Waals surface area contributed by atoms with Crippen LogP contribution in [0, 0.1) is 17.2 Å². The van der Waals surface area contributed by atoms with Gasteiger partial charge in [-0.3, -0.25) is 9.78 Å². The Morgan fingerprint density at radius 3 is 2.74 bits per heavy atom. The second-order valence-corrected chi connectivity index (χ2v) is 8.53. The van der Waals surface area contributed by atoms with Crippen molar-refractivity contribution >= 4 is 11.9 Å². The zero-order chi connectivity index (χ0) is 24.4. The molecule has 10 heteroatoms. The molecule has 0 spiro atoms. The Hall–Kier alpha value is -4.65. The van der Waals surface area contributed by atoms with Crippen molar-refractivity contribution in [3.63, 3.8) is 0 Å². The highest BCUT2D eigenvalue weighted by molar-refractivity contribution is 5.71. The quantitative estimate of drug-likeness (QED) is 0.435. The van der Waals surface area contributed by atoms with Gasteiger partial charge in [-0.15, -0.1) is 5.10 Å². The maximum absolute atomic E-state index is 11.6. The number of carboxylic acids is 1. The molecule has 35 heavy (non-hydrogen) atoms. The number of nitrogen functional groups attached to an aromatic ring is 1. The summed E-state index contributed by atoms with van der Waals surface area (Å²) >= 11 is 0. The molecule has 0 amide bonds. The smallest absolute Gasteiger partial charge is 0.307 e. The Morgan fingerprint density at radius 2 is 1.91 bits per heavy atom. The van der Waals surface area contributed by atoms with Crippen LogP contribution in [0.15, 0.2) is 54.7 Å². The van der Waals surface area contributed by atoms with Gasteiger partial charge in [0.05, 0.1) is 47.4 Å². The van der Waals surface area contributed by atoms with E-state index in [4.69, 9.17) is 10.7 Å². The van der Waals surface area contributed by atoms with E-state index in [1.165, 1.54) is 0 Å². The van der Waals surface area contributed by atoms with E-state index in [2.05, 4.69) is 26.3 Å². The molecule has 1 unspecified atom stereocenters. The van der Waals surface area contributed by atoms with Gasteiger partial charge in [0, 0.05) is 17.2 Å². The van der Waals surface area contributed by atoms with Crippen LogP contribution in [-0.2, 0) is 11.3 Å². The summed E-state index contributed by atoms with van der Waals surface area (Å²) in [5.41, 5.74) is 10.4. The molecule has 0 radical (unpaired) electrons. The number of nitrogens with zero attached hydrogens (tertiary/aromatic N) is 7. The molecule has 5 rings (SSSR count). The van der Waals surface area contributed by atoms with Gasteiger partial charge in [0.2, 0.25) is 5.95 Å². The van der Waals surface area contributed by atoms with E-state index in [0.29, 0.717) is 35.6 Å². The lowest BCUT2D eigenvalue weighted by Crippen LogP contribution is -2.18. The highest BCUT2D eigenvalue weighted by Gasteiger charge is 2.34. The third kappa shape index (κ3) is 4.70. The topological polar surface area (TPSA) is 156 Å². The molecule has 1 saturated carbocycles. The summed E-state index contributed by atoms with van der Waals surface area (Å²) in [4.78, 5) is 24.9. The molecular formula is C25H22N8O2. The van der Waals surface area contributed by atoms with Gasteiger partial charge in [0.25, 0.3) is 0 Å². The minimum atomic E-state index is -0.761. The van der Waals surface area contributed by atoms with E-state index in [-0.39, 0.29) is 17.8 Å². The minimum absolute atomic E-state index is 0.0688. The van der Waals surface area contributed by atoms with Crippen LogP contribution in [0.25, 0.3) is 22.6 Å². The first-order valence-electron chi connectivity index (χ1n) is 11.2. The number of anilines is 1. The van der Waals surface area contributed by atoms with E-state index in [9.17, 15) is 15.2 Å². The second kappa shape index (κ2) is 9.30. The van der Waals surface area contributed by atoms with Gasteiger partial charge >= 0.3 is 5.97 Å². The Balaban J connectivity index is 1.38. The van der Waals surface area contributed by atoms with E-state index in [1.54, 1.807) is 35.1 Å². The van der Waals surface area contributed by atoms with Gasteiger partial charge < -0.3 is 10.8 Å². The van der Waals surface area contributed by atoms with Crippen LogP contribution >= 0.6 is 0 Å². The van der Waals surface area contributed by atoms with Crippen LogP contribution in [0.1, 0.15) is 42.1 Å². The van der Waals surface area contributed by atoms with Crippen molar-refractivity contribution in [2.45, 2.75) is 31.7 Å². The number of hydrogen-bond acceptors (Lipinski definition) is 8. The number of rotatable bonds is 6. The summed E-state index contributed by atoms with van der Waals surface area (Å²) in [6.07, 6.45) is 4.16. The molecule has 3 N–H and O–H groups in total. The molecule has 3 heterocycles. The molecule has 0 aliphatic heterocycles. The van der Waals surface area contributed by atoms with Crippen molar-refractivity contribution in [1.82, 2.24) is 29.9 Å². The van der Waals surface area contributed by atoms with Crippen LogP contribution < -0.4 is 5.73 Å². The minimum Gasteiger partial charge on any atom is -0.481 e. The highest BCUT2D eigenvalue weighted by Crippen LogP contribution is 2.39. The van der Waals surface area contributed by atoms with Crippen molar-refractivity contribution < 1.29 is 9.90 Å². The molecule has 1 aromatic carbocycles. The molecule has 10 nitrogen and oxygen atoms in total. The SMILES string of the molecule is N#Cc1cccc(-c2cc(-c3cn(Cc4cccc(C5CCC[C@@H]5C(=O)O)n4)nn3)nc(N)n2)c1. The maximum Gasteiger partial charge on any atom is 0.307 e. The zero-order valence-corrected chi connectivity index (χ0v) is 18.7. The first kappa shape index (κ1) is 22.2. The van der Waals surface area contributed by atoms with Crippen LogP contribution in [-0.4, -0.2) is 41.0 Å². The van der Waals surface area contributed by atoms with Crippen molar-refractivity contribution in [2.24, 2.45) is 5.92 Å². The third-order valence-electron chi connectivity index (χ3n) is 6.20. The van der Waals surface area contributed by atoms with E-state index < -0.39 is 5.97 Å². The monoisotopic (exact) mass is 466 g/mol. The van der Waals surface area contributed by atoms with Gasteiger partial charge in [-0.25, -0.2) is 14.6 Å². The Morgan fingerprint density at radius 1 is 1.09 bits per heavy atom. The number of aliphatic carboxylic acids is 1. The molecule has 0 saturated heterocycles. The predicted molar refractivity (Wildman–Crippen MR) is 127 cm³/mol. The summed E-state index contributed by atoms with van der Waals surface area (Å²) in [6, 6.07) is 16.7. The average molecular weight is 467 g/mol. The predicted octanol–water partition coefficient (Wildman–Crippen LogP) is 3.27. The molecule has 174 valence electrons. The molecule has 4 aromatic rings. The van der Waals surface area contributed by atoms with Crippen LogP contribution in [0.3, 0.4) is 0 Å². The zero-order valence-electron chi connectivity index (χ0n) is 18.7. The fourth-order valence-corrected chi connectivity index (χ4v) is 4.55. The normalized spacial score (nSPS) is 17.2. The standard InChI is InChI=1S/C25H22N8O2/c26-12-15-4-1-5-16(10-15)21-11-22(30-25(27)29-21)23-14-33(32-31-23)13-17-6-2-9-20(28-17)18-7-3-8-19(18)24(34)35/h1-2,4-6,9-11,14,18-19H,3,7-8,13H2,(H,34,35)(H2,27,29,30)/t18?,19-/m0/s1. The van der Waals surface area contributed by atoms with E-state index >= 15 is 0 Å². The summed E-state index contributed by atoms with van der Waals surface area (Å²) in [7, 11) is 0. The number of aromatic nitrogens is 6. The third-order valence-corrected chi connectivity index (χ3v) is 6.20. The lowest BCUT2D eigenvalue weighted by atomic mass is 9.92. The number of pyridine rings is 1. The molecule has 1 aliphatic carbocycles. The van der Waals surface area contributed by atoms with Gasteiger partial charge in [-0.1, -0.05) is 29.8 Å². The summed E-state index contributed by atoms with van der Waals surface area (Å²) in [5, 5.41) is 27.1. The molecule has 0 bridgehead atoms. The van der Waals surface area contributed by atoms with E-state index in [0.717, 1.165) is 29.8 Å². The number of nitriles is 1. The second-order valence-electron chi connectivity index (χ2n) is 8.53. The molecule has 1 aliphatic rings. The van der Waals surface area contributed by atoms with Crippen LogP contribution in [0.4, 0.5) is 5.95 Å². The Kier molecular flexibility index (Phi) is 5.89. The fourth-order valence-electron chi connectivity index (χ4n) is 4.55. The Labute approximate surface area is 201 Å². The van der Waals surface area contributed by atoms with Crippen molar-refractivity contribution in [3.8, 4) is 28.7 Å². The molecule has 1 fully saturated rings. The van der Waals surface area contributed by atoms with Gasteiger partial charge in [-0.05, 0) is 43.2 Å². The van der Waals surface area contributed by atoms with Gasteiger partial charge in [0.15, 0.2) is 0 Å². The number of carbonyl (C=O) groups is 1. The maximum atomic E-state index is 11.6. The summed E-state index contributed by atoms with van der Waals surface area (Å²) in [6.45, 7) is 0.378. The fraction of sp³-hybridized carbons (Fsp3) is 0.240. The lowest BCUT2D eigenvalue weighted by Gasteiger charge is -2.15. The van der Waals surface area contributed by atoms with Gasteiger partial charge in [-0.2, -0.15) is 5.26 Å². The number of nitrogens with two attached hydrogens (primary N) is 1. The van der Waals surface area contributed by atoms with Crippen LogP contribution in [0.2, 0.25) is 0 Å². The summed E-state index contributed by atoms with van der Waals surface area (Å²) < 4.78 is 1.65. The average Bonchev–Trinajstić information content (AvgIpc) is 3.54. The molecular weight excluding hydrogens is 444 g/mol. The highest BCUT2D eigenvalue weighted by atomic mass is 16.4. The van der Waals surface area contributed by atoms with Crippen molar-refractivity contribution in [2.75, 3.05) is 5.73 Å². The van der Waals surface area contributed by atoms with Crippen LogP contribution in [0.5, 0.6) is 0 Å². The first-order valence-corrected chi connectivity index (χ1v) is 11.2. The lowest BCUT2D eigenvalue weighted by molar-refractivity contribution is -0.142. The molecule has 3 aromatic heterocycles. The van der Waals surface area contributed by atoms with Crippen molar-refractivity contribution in [3.05, 3.63) is 71.7 Å². The number of benzene rings is 1. The van der Waals surface area contributed by atoms with Gasteiger partial charge in [0.1, 0.15) is 5.69 Å². The Bertz CT molecular complexity index is 1440. The number of carboxylic acid groups (broad SMARTS) is 1.